The smallest absolute Gasteiger partial charge is 0.410 e. The Hall–Kier alpha value is -2.04. The van der Waals surface area contributed by atoms with Gasteiger partial charge in [-0.15, -0.1) is 0 Å². The van der Waals surface area contributed by atoms with Crippen LogP contribution in [-0.4, -0.2) is 35.6 Å². The van der Waals surface area contributed by atoms with E-state index in [1.54, 1.807) is 11.0 Å². The molecular weight excluding hydrogens is 292 g/mol. The van der Waals surface area contributed by atoms with Crippen LogP contribution < -0.4 is 5.73 Å². The van der Waals surface area contributed by atoms with E-state index in [1.807, 2.05) is 39.8 Å². The molecule has 1 fully saturated rings. The molecule has 1 aromatic carbocycles. The second-order valence-electron chi connectivity index (χ2n) is 7.20. The van der Waals surface area contributed by atoms with E-state index in [4.69, 9.17) is 10.5 Å². The summed E-state index contributed by atoms with van der Waals surface area (Å²) in [7, 11) is 0. The van der Waals surface area contributed by atoms with Crippen LogP contribution in [0.15, 0.2) is 18.2 Å². The Morgan fingerprint density at radius 3 is 2.35 bits per heavy atom. The van der Waals surface area contributed by atoms with Crippen molar-refractivity contribution in [2.24, 2.45) is 5.73 Å². The van der Waals surface area contributed by atoms with Crippen molar-refractivity contribution in [3.8, 4) is 0 Å². The maximum absolute atomic E-state index is 12.1. The van der Waals surface area contributed by atoms with Crippen LogP contribution in [-0.2, 0) is 4.74 Å². The van der Waals surface area contributed by atoms with Gasteiger partial charge in [0.25, 0.3) is 0 Å². The zero-order valence-electron chi connectivity index (χ0n) is 14.4. The second kappa shape index (κ2) is 6.60. The van der Waals surface area contributed by atoms with E-state index in [0.29, 0.717) is 18.7 Å². The minimum atomic E-state index is -0.483. The molecule has 126 valence electrons. The fourth-order valence-electron chi connectivity index (χ4n) is 2.94. The molecule has 0 saturated carbocycles. The van der Waals surface area contributed by atoms with Crippen molar-refractivity contribution in [3.05, 3.63) is 34.9 Å². The lowest BCUT2D eigenvalue weighted by atomic mass is 9.85. The molecule has 0 spiro atoms. The van der Waals surface area contributed by atoms with E-state index in [9.17, 15) is 9.59 Å². The first-order chi connectivity index (χ1) is 10.7. The van der Waals surface area contributed by atoms with Gasteiger partial charge in [-0.25, -0.2) is 4.79 Å². The standard InChI is InChI=1S/C18H26N2O3/c1-12-5-6-14(16(19)21)15(11-12)13-7-9-20(10-8-13)17(22)23-18(2,3)4/h5-6,11,13H,7-10H2,1-4H3,(H2,19,21). The van der Waals surface area contributed by atoms with E-state index in [0.717, 1.165) is 24.0 Å². The zero-order chi connectivity index (χ0) is 17.2. The number of benzene rings is 1. The fraction of sp³-hybridized carbons (Fsp3) is 0.556. The van der Waals surface area contributed by atoms with E-state index < -0.39 is 11.5 Å². The van der Waals surface area contributed by atoms with Gasteiger partial charge < -0.3 is 15.4 Å². The summed E-state index contributed by atoms with van der Waals surface area (Å²) >= 11 is 0. The van der Waals surface area contributed by atoms with Crippen molar-refractivity contribution in [1.29, 1.82) is 0 Å². The Kier molecular flexibility index (Phi) is 4.97. The Morgan fingerprint density at radius 2 is 1.83 bits per heavy atom. The average Bonchev–Trinajstić information content (AvgIpc) is 2.45. The first-order valence-corrected chi connectivity index (χ1v) is 8.05. The van der Waals surface area contributed by atoms with Crippen molar-refractivity contribution in [1.82, 2.24) is 4.90 Å². The molecule has 0 atom stereocenters. The summed E-state index contributed by atoms with van der Waals surface area (Å²) in [6.07, 6.45) is 1.35. The number of nitrogens with two attached hydrogens (primary N) is 1. The topological polar surface area (TPSA) is 72.6 Å². The number of piperidine rings is 1. The normalized spacial score (nSPS) is 16.3. The molecule has 1 aromatic rings. The quantitative estimate of drug-likeness (QED) is 0.910. The van der Waals surface area contributed by atoms with Gasteiger partial charge in [0.1, 0.15) is 5.60 Å². The highest BCUT2D eigenvalue weighted by Gasteiger charge is 2.28. The lowest BCUT2D eigenvalue weighted by Crippen LogP contribution is -2.41. The predicted octanol–water partition coefficient (Wildman–Crippen LogP) is 3.21. The molecule has 0 aromatic heterocycles. The molecule has 0 bridgehead atoms. The van der Waals surface area contributed by atoms with Gasteiger partial charge in [-0.2, -0.15) is 0 Å². The third-order valence-electron chi connectivity index (χ3n) is 4.06. The molecule has 0 radical (unpaired) electrons. The van der Waals surface area contributed by atoms with Crippen LogP contribution in [0.1, 0.15) is 61.0 Å². The monoisotopic (exact) mass is 318 g/mol. The molecule has 1 aliphatic rings. The van der Waals surface area contributed by atoms with Gasteiger partial charge in [0.15, 0.2) is 0 Å². The predicted molar refractivity (Wildman–Crippen MR) is 89.5 cm³/mol. The van der Waals surface area contributed by atoms with Crippen LogP contribution in [0.3, 0.4) is 0 Å². The summed E-state index contributed by atoms with van der Waals surface area (Å²) in [6.45, 7) is 8.86. The number of amides is 2. The highest BCUT2D eigenvalue weighted by molar-refractivity contribution is 5.94. The van der Waals surface area contributed by atoms with Gasteiger partial charge in [-0.3, -0.25) is 4.79 Å². The van der Waals surface area contributed by atoms with Crippen molar-refractivity contribution in [3.63, 3.8) is 0 Å². The van der Waals surface area contributed by atoms with E-state index in [-0.39, 0.29) is 12.0 Å². The number of ether oxygens (including phenoxy) is 1. The van der Waals surface area contributed by atoms with Crippen LogP contribution in [0.2, 0.25) is 0 Å². The van der Waals surface area contributed by atoms with Gasteiger partial charge in [0.05, 0.1) is 0 Å². The third kappa shape index (κ3) is 4.47. The molecule has 1 saturated heterocycles. The minimum absolute atomic E-state index is 0.246. The number of nitrogens with zero attached hydrogens (tertiary/aromatic N) is 1. The maximum Gasteiger partial charge on any atom is 0.410 e. The Morgan fingerprint density at radius 1 is 1.22 bits per heavy atom. The zero-order valence-corrected chi connectivity index (χ0v) is 14.4. The first kappa shape index (κ1) is 17.3. The maximum atomic E-state index is 12.1. The molecule has 1 aliphatic heterocycles. The molecule has 0 aliphatic carbocycles. The fourth-order valence-corrected chi connectivity index (χ4v) is 2.94. The van der Waals surface area contributed by atoms with Crippen molar-refractivity contribution in [2.75, 3.05) is 13.1 Å². The van der Waals surface area contributed by atoms with Crippen molar-refractivity contribution < 1.29 is 14.3 Å². The molecular formula is C18H26N2O3. The number of carbonyl (C=O) groups is 2. The molecule has 5 nitrogen and oxygen atoms in total. The summed E-state index contributed by atoms with van der Waals surface area (Å²) < 4.78 is 5.41. The average molecular weight is 318 g/mol. The highest BCUT2D eigenvalue weighted by Crippen LogP contribution is 2.31. The van der Waals surface area contributed by atoms with Crippen LogP contribution in [0, 0.1) is 6.92 Å². The van der Waals surface area contributed by atoms with E-state index in [1.165, 1.54) is 0 Å². The second-order valence-corrected chi connectivity index (χ2v) is 7.20. The van der Waals surface area contributed by atoms with Gasteiger partial charge in [-0.1, -0.05) is 17.7 Å². The molecule has 5 heteroatoms. The number of rotatable bonds is 2. The minimum Gasteiger partial charge on any atom is -0.444 e. The Balaban J connectivity index is 2.06. The lowest BCUT2D eigenvalue weighted by molar-refractivity contribution is 0.0204. The summed E-state index contributed by atoms with van der Waals surface area (Å²) in [5, 5.41) is 0. The van der Waals surface area contributed by atoms with E-state index >= 15 is 0 Å². The van der Waals surface area contributed by atoms with Gasteiger partial charge >= 0.3 is 6.09 Å². The number of likely N-dealkylation sites (tertiary alicyclic amines) is 1. The molecule has 0 unspecified atom stereocenters. The number of primary amides is 1. The number of aryl methyl sites for hydroxylation is 1. The number of carbonyl (C=O) groups excluding carboxylic acids is 2. The number of hydrogen-bond donors (Lipinski definition) is 1. The molecule has 23 heavy (non-hydrogen) atoms. The number of hydrogen-bond acceptors (Lipinski definition) is 3. The summed E-state index contributed by atoms with van der Waals surface area (Å²) in [4.78, 5) is 25.5. The molecule has 2 N–H and O–H groups in total. The van der Waals surface area contributed by atoms with Crippen molar-refractivity contribution >= 4 is 12.0 Å². The highest BCUT2D eigenvalue weighted by atomic mass is 16.6. The first-order valence-electron chi connectivity index (χ1n) is 8.05. The van der Waals surface area contributed by atoms with Gasteiger partial charge in [-0.05, 0) is 58.1 Å². The van der Waals surface area contributed by atoms with Crippen LogP contribution in [0.25, 0.3) is 0 Å². The van der Waals surface area contributed by atoms with Crippen LogP contribution >= 0.6 is 0 Å². The van der Waals surface area contributed by atoms with Crippen LogP contribution in [0.5, 0.6) is 0 Å². The molecule has 1 heterocycles. The summed E-state index contributed by atoms with van der Waals surface area (Å²) in [6, 6.07) is 5.74. The third-order valence-corrected chi connectivity index (χ3v) is 4.06. The Bertz CT molecular complexity index is 597. The van der Waals surface area contributed by atoms with Crippen molar-refractivity contribution in [2.45, 2.75) is 52.1 Å². The van der Waals surface area contributed by atoms with Gasteiger partial charge in [0, 0.05) is 18.7 Å². The largest absolute Gasteiger partial charge is 0.444 e. The summed E-state index contributed by atoms with van der Waals surface area (Å²) in [5.74, 6) is -0.148. The molecule has 2 rings (SSSR count). The van der Waals surface area contributed by atoms with Crippen LogP contribution in [0.4, 0.5) is 4.79 Å². The lowest BCUT2D eigenvalue weighted by Gasteiger charge is -2.34. The van der Waals surface area contributed by atoms with Gasteiger partial charge in [0.2, 0.25) is 5.91 Å². The molecule has 2 amide bonds. The Labute approximate surface area is 137 Å². The van der Waals surface area contributed by atoms with E-state index in [2.05, 4.69) is 0 Å². The summed E-state index contributed by atoms with van der Waals surface area (Å²) in [5.41, 5.74) is 7.71. The SMILES string of the molecule is Cc1ccc(C(N)=O)c(C2CCN(C(=O)OC(C)(C)C)CC2)c1.